The van der Waals surface area contributed by atoms with Crippen molar-refractivity contribution < 1.29 is 13.8 Å². The molecule has 3 rings (SSSR count). The molecule has 24 heavy (non-hydrogen) atoms. The van der Waals surface area contributed by atoms with E-state index in [0.29, 0.717) is 11.1 Å². The molecule has 2 aromatic carbocycles. The summed E-state index contributed by atoms with van der Waals surface area (Å²) < 4.78 is 18.0. The number of hydrogen-bond donors (Lipinski definition) is 0. The monoisotopic (exact) mass is 345 g/mol. The summed E-state index contributed by atoms with van der Waals surface area (Å²) in [4.78, 5) is 14.3. The molecule has 0 amide bonds. The lowest BCUT2D eigenvalue weighted by molar-refractivity contribution is -0.384. The lowest BCUT2D eigenvalue weighted by atomic mass is 10.2. The molecule has 1 heterocycles. The molecule has 0 saturated carbocycles. The van der Waals surface area contributed by atoms with E-state index in [1.54, 1.807) is 18.2 Å². The van der Waals surface area contributed by atoms with Crippen molar-refractivity contribution in [1.29, 1.82) is 0 Å². The molecule has 6 nitrogen and oxygen atoms in total. The van der Waals surface area contributed by atoms with Gasteiger partial charge in [-0.3, -0.25) is 10.1 Å². The number of hydrogen-bond acceptors (Lipinski definition) is 5. The zero-order valence-electron chi connectivity index (χ0n) is 12.0. The maximum atomic E-state index is 12.9. The SMILES string of the molecule is O=[N+]([O-])c1ccc(/C=C(\Cl)c2nc(-c3ccc(F)cc3)no2)cc1. The maximum absolute atomic E-state index is 12.9. The number of non-ortho nitro benzene ring substituents is 1. The Labute approximate surface area is 140 Å². The van der Waals surface area contributed by atoms with E-state index in [4.69, 9.17) is 16.1 Å². The first-order chi connectivity index (χ1) is 11.5. The van der Waals surface area contributed by atoms with Crippen LogP contribution >= 0.6 is 11.6 Å². The highest BCUT2D eigenvalue weighted by Gasteiger charge is 2.12. The van der Waals surface area contributed by atoms with E-state index in [1.165, 1.54) is 36.4 Å². The molecular weight excluding hydrogens is 337 g/mol. The third kappa shape index (κ3) is 3.47. The Hall–Kier alpha value is -3.06. The number of rotatable bonds is 4. The number of benzene rings is 2. The van der Waals surface area contributed by atoms with E-state index >= 15 is 0 Å². The van der Waals surface area contributed by atoms with Crippen LogP contribution in [-0.4, -0.2) is 15.1 Å². The van der Waals surface area contributed by atoms with Gasteiger partial charge < -0.3 is 4.52 Å². The van der Waals surface area contributed by atoms with E-state index in [2.05, 4.69) is 10.1 Å². The summed E-state index contributed by atoms with van der Waals surface area (Å²) in [6, 6.07) is 11.5. The largest absolute Gasteiger partial charge is 0.333 e. The number of aromatic nitrogens is 2. The summed E-state index contributed by atoms with van der Waals surface area (Å²) in [5, 5.41) is 14.6. The van der Waals surface area contributed by atoms with E-state index < -0.39 is 4.92 Å². The molecule has 0 saturated heterocycles. The van der Waals surface area contributed by atoms with Gasteiger partial charge in [0, 0.05) is 17.7 Å². The highest BCUT2D eigenvalue weighted by molar-refractivity contribution is 6.50. The first-order valence-electron chi connectivity index (χ1n) is 6.74. The van der Waals surface area contributed by atoms with Gasteiger partial charge in [0.15, 0.2) is 0 Å². The Balaban J connectivity index is 1.83. The standard InChI is InChI=1S/C16H9ClFN3O3/c17-14(9-10-1-7-13(8-2-10)21(22)23)16-19-15(20-24-16)11-3-5-12(18)6-4-11/h1-9H/b14-9-. The van der Waals surface area contributed by atoms with Crippen molar-refractivity contribution in [2.45, 2.75) is 0 Å². The average molecular weight is 346 g/mol. The van der Waals surface area contributed by atoms with Gasteiger partial charge in [-0.2, -0.15) is 4.98 Å². The van der Waals surface area contributed by atoms with Gasteiger partial charge in [0.25, 0.3) is 11.6 Å². The van der Waals surface area contributed by atoms with Crippen molar-refractivity contribution in [3.05, 3.63) is 75.9 Å². The molecule has 3 aromatic rings. The summed E-state index contributed by atoms with van der Waals surface area (Å²) in [5.74, 6) is 0.00756. The smallest absolute Gasteiger partial charge is 0.269 e. The Morgan fingerprint density at radius 3 is 2.46 bits per heavy atom. The molecular formula is C16H9ClFN3O3. The zero-order chi connectivity index (χ0) is 17.1. The van der Waals surface area contributed by atoms with Gasteiger partial charge in [-0.25, -0.2) is 4.39 Å². The molecule has 0 aliphatic heterocycles. The van der Waals surface area contributed by atoms with Gasteiger partial charge in [-0.05, 0) is 48.0 Å². The van der Waals surface area contributed by atoms with Gasteiger partial charge in [0.2, 0.25) is 5.82 Å². The predicted molar refractivity (Wildman–Crippen MR) is 86.5 cm³/mol. The quantitative estimate of drug-likeness (QED) is 0.513. The van der Waals surface area contributed by atoms with Gasteiger partial charge in [0.1, 0.15) is 10.8 Å². The molecule has 0 fully saturated rings. The molecule has 0 radical (unpaired) electrons. The van der Waals surface area contributed by atoms with Gasteiger partial charge in [0.05, 0.1) is 4.92 Å². The van der Waals surface area contributed by atoms with Crippen LogP contribution < -0.4 is 0 Å². The lowest BCUT2D eigenvalue weighted by Crippen LogP contribution is -1.87. The second kappa shape index (κ2) is 6.59. The van der Waals surface area contributed by atoms with Crippen molar-refractivity contribution in [3.8, 4) is 11.4 Å². The first-order valence-corrected chi connectivity index (χ1v) is 7.12. The van der Waals surface area contributed by atoms with Crippen molar-refractivity contribution in [2.24, 2.45) is 0 Å². The highest BCUT2D eigenvalue weighted by Crippen LogP contribution is 2.24. The topological polar surface area (TPSA) is 82.1 Å². The molecule has 0 unspecified atom stereocenters. The van der Waals surface area contributed by atoms with Crippen LogP contribution in [0.15, 0.2) is 53.1 Å². The van der Waals surface area contributed by atoms with Crippen LogP contribution in [0, 0.1) is 15.9 Å². The van der Waals surface area contributed by atoms with E-state index in [1.807, 2.05) is 0 Å². The third-order valence-electron chi connectivity index (χ3n) is 3.13. The fourth-order valence-electron chi connectivity index (χ4n) is 1.94. The van der Waals surface area contributed by atoms with E-state index in [0.717, 1.165) is 0 Å². The molecule has 0 bridgehead atoms. The fraction of sp³-hybridized carbons (Fsp3) is 0. The Bertz CT molecular complexity index is 905. The minimum Gasteiger partial charge on any atom is -0.333 e. The second-order valence-electron chi connectivity index (χ2n) is 4.77. The number of halogens is 2. The minimum absolute atomic E-state index is 0.0142. The van der Waals surface area contributed by atoms with Crippen molar-refractivity contribution in [1.82, 2.24) is 10.1 Å². The Morgan fingerprint density at radius 1 is 1.17 bits per heavy atom. The van der Waals surface area contributed by atoms with Crippen LogP contribution in [0.1, 0.15) is 11.5 Å². The van der Waals surface area contributed by atoms with Crippen molar-refractivity contribution in [2.75, 3.05) is 0 Å². The molecule has 0 spiro atoms. The molecule has 1 aromatic heterocycles. The van der Waals surface area contributed by atoms with E-state index in [9.17, 15) is 14.5 Å². The van der Waals surface area contributed by atoms with Crippen LogP contribution in [0.4, 0.5) is 10.1 Å². The minimum atomic E-state index is -0.484. The zero-order valence-corrected chi connectivity index (χ0v) is 12.8. The van der Waals surface area contributed by atoms with Crippen LogP contribution in [0.25, 0.3) is 22.5 Å². The van der Waals surface area contributed by atoms with Crippen LogP contribution in [0.3, 0.4) is 0 Å². The molecule has 0 aliphatic carbocycles. The molecule has 0 N–H and O–H groups in total. The normalized spacial score (nSPS) is 11.5. The lowest BCUT2D eigenvalue weighted by Gasteiger charge is -1.95. The Kier molecular flexibility index (Phi) is 4.35. The molecule has 8 heteroatoms. The van der Waals surface area contributed by atoms with Crippen molar-refractivity contribution >= 4 is 28.4 Å². The van der Waals surface area contributed by atoms with Crippen molar-refractivity contribution in [3.63, 3.8) is 0 Å². The number of nitrogens with zero attached hydrogens (tertiary/aromatic N) is 3. The summed E-state index contributed by atoms with van der Waals surface area (Å²) in [5.41, 5.74) is 1.22. The maximum Gasteiger partial charge on any atom is 0.269 e. The van der Waals surface area contributed by atoms with Crippen LogP contribution in [0.2, 0.25) is 0 Å². The predicted octanol–water partition coefficient (Wildman–Crippen LogP) is 4.52. The van der Waals surface area contributed by atoms with Crippen LogP contribution in [-0.2, 0) is 0 Å². The second-order valence-corrected chi connectivity index (χ2v) is 5.18. The van der Waals surface area contributed by atoms with Gasteiger partial charge in [-0.15, -0.1) is 0 Å². The molecule has 120 valence electrons. The summed E-state index contributed by atoms with van der Waals surface area (Å²) in [6.45, 7) is 0. The summed E-state index contributed by atoms with van der Waals surface area (Å²) >= 11 is 6.14. The van der Waals surface area contributed by atoms with Gasteiger partial charge in [-0.1, -0.05) is 16.8 Å². The molecule has 0 atom stereocenters. The fourth-order valence-corrected chi connectivity index (χ4v) is 2.14. The number of nitro benzene ring substituents is 1. The summed E-state index contributed by atoms with van der Waals surface area (Å²) in [7, 11) is 0. The number of nitro groups is 1. The first kappa shape index (κ1) is 15.8. The third-order valence-corrected chi connectivity index (χ3v) is 3.40. The highest BCUT2D eigenvalue weighted by atomic mass is 35.5. The van der Waals surface area contributed by atoms with E-state index in [-0.39, 0.29) is 28.3 Å². The average Bonchev–Trinajstić information content (AvgIpc) is 3.06. The van der Waals surface area contributed by atoms with Crippen LogP contribution in [0.5, 0.6) is 0 Å². The van der Waals surface area contributed by atoms with Gasteiger partial charge >= 0.3 is 0 Å². The Morgan fingerprint density at radius 2 is 1.83 bits per heavy atom. The summed E-state index contributed by atoms with van der Waals surface area (Å²) in [6.07, 6.45) is 1.55. The molecule has 0 aliphatic rings.